The molecule has 0 saturated carbocycles. The molecule has 0 aliphatic rings. The van der Waals surface area contributed by atoms with Crippen LogP contribution < -0.4 is 10.5 Å². The maximum atomic E-state index is 6.25. The SMILES string of the molecule is Cc1c(N)c2cnnc(OCc3ccccc3)c2n1CC(C)C. The van der Waals surface area contributed by atoms with Crippen molar-refractivity contribution in [3.05, 3.63) is 47.8 Å². The van der Waals surface area contributed by atoms with Crippen molar-refractivity contribution in [2.24, 2.45) is 5.92 Å². The van der Waals surface area contributed by atoms with Crippen molar-refractivity contribution in [2.45, 2.75) is 33.9 Å². The van der Waals surface area contributed by atoms with Gasteiger partial charge in [-0.1, -0.05) is 44.2 Å². The minimum Gasteiger partial charge on any atom is -0.470 e. The number of nitrogen functional groups attached to an aromatic ring is 1. The summed E-state index contributed by atoms with van der Waals surface area (Å²) >= 11 is 0. The molecule has 1 aromatic carbocycles. The predicted octanol–water partition coefficient (Wildman–Crippen LogP) is 3.56. The van der Waals surface area contributed by atoms with E-state index in [9.17, 15) is 0 Å². The highest BCUT2D eigenvalue weighted by Crippen LogP contribution is 2.33. The van der Waals surface area contributed by atoms with Crippen molar-refractivity contribution in [3.8, 4) is 5.88 Å². The van der Waals surface area contributed by atoms with Crippen LogP contribution in [0.3, 0.4) is 0 Å². The average molecular weight is 310 g/mol. The molecule has 0 unspecified atom stereocenters. The van der Waals surface area contributed by atoms with Crippen LogP contribution in [0.15, 0.2) is 36.5 Å². The van der Waals surface area contributed by atoms with E-state index in [0.717, 1.165) is 34.4 Å². The largest absolute Gasteiger partial charge is 0.470 e. The number of anilines is 1. The van der Waals surface area contributed by atoms with Gasteiger partial charge in [0.05, 0.1) is 11.9 Å². The number of ether oxygens (including phenoxy) is 1. The topological polar surface area (TPSA) is 66.0 Å². The Hall–Kier alpha value is -2.56. The third-order valence-electron chi connectivity index (χ3n) is 3.91. The Balaban J connectivity index is 2.01. The first-order chi connectivity index (χ1) is 11.1. The molecule has 0 radical (unpaired) electrons. The molecule has 2 N–H and O–H groups in total. The van der Waals surface area contributed by atoms with Gasteiger partial charge in [0, 0.05) is 17.6 Å². The number of nitrogens with zero attached hydrogens (tertiary/aromatic N) is 3. The van der Waals surface area contributed by atoms with Crippen LogP contribution in [0.4, 0.5) is 5.69 Å². The van der Waals surface area contributed by atoms with E-state index in [1.807, 2.05) is 37.3 Å². The second-order valence-corrected chi connectivity index (χ2v) is 6.19. The van der Waals surface area contributed by atoms with Crippen LogP contribution in [0.1, 0.15) is 25.1 Å². The maximum Gasteiger partial charge on any atom is 0.258 e. The van der Waals surface area contributed by atoms with Crippen LogP contribution >= 0.6 is 0 Å². The zero-order valence-electron chi connectivity index (χ0n) is 13.8. The average Bonchev–Trinajstić information content (AvgIpc) is 2.79. The number of hydrogen-bond acceptors (Lipinski definition) is 4. The summed E-state index contributed by atoms with van der Waals surface area (Å²) in [5.74, 6) is 1.03. The molecule has 0 bridgehead atoms. The lowest BCUT2D eigenvalue weighted by Crippen LogP contribution is -2.08. The van der Waals surface area contributed by atoms with Crippen molar-refractivity contribution in [1.82, 2.24) is 14.8 Å². The molecule has 0 amide bonds. The molecular formula is C18H22N4O. The highest BCUT2D eigenvalue weighted by molar-refractivity contribution is 5.95. The lowest BCUT2D eigenvalue weighted by atomic mass is 10.2. The summed E-state index contributed by atoms with van der Waals surface area (Å²) in [6, 6.07) is 10.0. The second-order valence-electron chi connectivity index (χ2n) is 6.19. The van der Waals surface area contributed by atoms with E-state index < -0.39 is 0 Å². The van der Waals surface area contributed by atoms with Gasteiger partial charge in [-0.3, -0.25) is 0 Å². The summed E-state index contributed by atoms with van der Waals surface area (Å²) in [4.78, 5) is 0. The Bertz CT molecular complexity index is 809. The minimum absolute atomic E-state index is 0.459. The van der Waals surface area contributed by atoms with Crippen molar-refractivity contribution < 1.29 is 4.74 Å². The van der Waals surface area contributed by atoms with Gasteiger partial charge < -0.3 is 15.0 Å². The number of hydrogen-bond donors (Lipinski definition) is 1. The van der Waals surface area contributed by atoms with Crippen molar-refractivity contribution in [3.63, 3.8) is 0 Å². The monoisotopic (exact) mass is 310 g/mol. The summed E-state index contributed by atoms with van der Waals surface area (Å²) < 4.78 is 8.13. The van der Waals surface area contributed by atoms with Gasteiger partial charge in [0.25, 0.3) is 5.88 Å². The van der Waals surface area contributed by atoms with Gasteiger partial charge in [0.1, 0.15) is 12.1 Å². The molecule has 0 spiro atoms. The van der Waals surface area contributed by atoms with E-state index in [2.05, 4.69) is 28.6 Å². The van der Waals surface area contributed by atoms with E-state index in [4.69, 9.17) is 10.5 Å². The van der Waals surface area contributed by atoms with Crippen molar-refractivity contribution in [2.75, 3.05) is 5.73 Å². The first-order valence-corrected chi connectivity index (χ1v) is 7.84. The van der Waals surface area contributed by atoms with Crippen LogP contribution in [0.5, 0.6) is 5.88 Å². The fraction of sp³-hybridized carbons (Fsp3) is 0.333. The normalized spacial score (nSPS) is 11.3. The molecule has 3 rings (SSSR count). The first-order valence-electron chi connectivity index (χ1n) is 7.84. The number of benzene rings is 1. The van der Waals surface area contributed by atoms with E-state index in [1.165, 1.54) is 0 Å². The lowest BCUT2D eigenvalue weighted by Gasteiger charge is -2.13. The van der Waals surface area contributed by atoms with Crippen molar-refractivity contribution >= 4 is 16.6 Å². The van der Waals surface area contributed by atoms with Crippen LogP contribution in [-0.4, -0.2) is 14.8 Å². The van der Waals surface area contributed by atoms with Crippen LogP contribution in [0.25, 0.3) is 10.9 Å². The van der Waals surface area contributed by atoms with E-state index in [-0.39, 0.29) is 0 Å². The van der Waals surface area contributed by atoms with E-state index in [1.54, 1.807) is 6.20 Å². The predicted molar refractivity (Wildman–Crippen MR) is 92.3 cm³/mol. The zero-order chi connectivity index (χ0) is 16.4. The van der Waals surface area contributed by atoms with Gasteiger partial charge in [0.2, 0.25) is 0 Å². The zero-order valence-corrected chi connectivity index (χ0v) is 13.8. The van der Waals surface area contributed by atoms with Crippen molar-refractivity contribution in [1.29, 1.82) is 0 Å². The third-order valence-corrected chi connectivity index (χ3v) is 3.91. The Kier molecular flexibility index (Phi) is 4.19. The first kappa shape index (κ1) is 15.3. The summed E-state index contributed by atoms with van der Waals surface area (Å²) in [5.41, 5.74) is 10.1. The van der Waals surface area contributed by atoms with E-state index in [0.29, 0.717) is 18.4 Å². The molecule has 0 aliphatic carbocycles. The summed E-state index contributed by atoms with van der Waals surface area (Å²) in [7, 11) is 0. The maximum absolute atomic E-state index is 6.25. The fourth-order valence-corrected chi connectivity index (χ4v) is 2.75. The van der Waals surface area contributed by atoms with Gasteiger partial charge in [-0.05, 0) is 18.4 Å². The lowest BCUT2D eigenvalue weighted by molar-refractivity contribution is 0.292. The highest BCUT2D eigenvalue weighted by atomic mass is 16.5. The molecule has 0 aliphatic heterocycles. The van der Waals surface area contributed by atoms with Gasteiger partial charge in [-0.15, -0.1) is 5.10 Å². The molecule has 0 fully saturated rings. The molecule has 5 heteroatoms. The number of fused-ring (bicyclic) bond motifs is 1. The quantitative estimate of drug-likeness (QED) is 0.782. The standard InChI is InChI=1S/C18H22N4O/c1-12(2)10-22-13(3)16(19)15-9-20-21-18(17(15)22)23-11-14-7-5-4-6-8-14/h4-9,12H,10-11,19H2,1-3H3. The minimum atomic E-state index is 0.459. The van der Waals surface area contributed by atoms with Gasteiger partial charge in [-0.2, -0.15) is 5.10 Å². The Labute approximate surface area is 136 Å². The number of aromatic nitrogens is 3. The Morgan fingerprint density at radius 1 is 1.22 bits per heavy atom. The van der Waals surface area contributed by atoms with E-state index >= 15 is 0 Å². The second kappa shape index (κ2) is 6.28. The molecular weight excluding hydrogens is 288 g/mol. The van der Waals surface area contributed by atoms with Crippen LogP contribution in [0.2, 0.25) is 0 Å². The smallest absolute Gasteiger partial charge is 0.258 e. The molecule has 2 heterocycles. The highest BCUT2D eigenvalue weighted by Gasteiger charge is 2.18. The molecule has 0 atom stereocenters. The van der Waals surface area contributed by atoms with Crippen LogP contribution in [0, 0.1) is 12.8 Å². The fourth-order valence-electron chi connectivity index (χ4n) is 2.75. The summed E-state index contributed by atoms with van der Waals surface area (Å²) in [6.45, 7) is 7.72. The molecule has 0 saturated heterocycles. The van der Waals surface area contributed by atoms with Crippen LogP contribution in [-0.2, 0) is 13.2 Å². The summed E-state index contributed by atoms with van der Waals surface area (Å²) in [5, 5.41) is 9.15. The molecule has 2 aromatic heterocycles. The Morgan fingerprint density at radius 3 is 2.65 bits per heavy atom. The Morgan fingerprint density at radius 2 is 1.96 bits per heavy atom. The molecule has 23 heavy (non-hydrogen) atoms. The molecule has 3 aromatic rings. The van der Waals surface area contributed by atoms with Gasteiger partial charge >= 0.3 is 0 Å². The number of nitrogens with two attached hydrogens (primary N) is 1. The third kappa shape index (κ3) is 2.99. The van der Waals surface area contributed by atoms with Gasteiger partial charge in [-0.25, -0.2) is 0 Å². The number of rotatable bonds is 5. The molecule has 120 valence electrons. The summed E-state index contributed by atoms with van der Waals surface area (Å²) in [6.07, 6.45) is 1.71. The molecule has 5 nitrogen and oxygen atoms in total. The van der Waals surface area contributed by atoms with Gasteiger partial charge in [0.15, 0.2) is 0 Å².